The lowest BCUT2D eigenvalue weighted by Crippen LogP contribution is -2.13. The predicted octanol–water partition coefficient (Wildman–Crippen LogP) is 0.270. The molecule has 0 amide bonds. The molecule has 2 rings (SSSR count). The van der Waals surface area contributed by atoms with Crippen LogP contribution in [0.2, 0.25) is 0 Å². The normalized spacial score (nSPS) is 11.4. The fourth-order valence-corrected chi connectivity index (χ4v) is 1.26. The number of nitrogens with zero attached hydrogens (tertiary/aromatic N) is 5. The summed E-state index contributed by atoms with van der Waals surface area (Å²) >= 11 is 0. The zero-order valence-corrected chi connectivity index (χ0v) is 8.96. The zero-order chi connectivity index (χ0) is 13.1. The zero-order valence-electron chi connectivity index (χ0n) is 8.96. The molecule has 0 fully saturated rings. The Balaban J connectivity index is 2.31. The van der Waals surface area contributed by atoms with Crippen LogP contribution >= 0.6 is 0 Å². The van der Waals surface area contributed by atoms with Gasteiger partial charge >= 0.3 is 5.69 Å². The molecule has 0 bridgehead atoms. The number of oxime groups is 1. The van der Waals surface area contributed by atoms with Gasteiger partial charge in [-0.3, -0.25) is 10.1 Å². The van der Waals surface area contributed by atoms with E-state index in [1.165, 1.54) is 17.1 Å². The number of hydrogen-bond donors (Lipinski definition) is 2. The molecule has 0 radical (unpaired) electrons. The van der Waals surface area contributed by atoms with Crippen molar-refractivity contribution in [2.24, 2.45) is 10.9 Å². The molecule has 2 aromatic rings. The van der Waals surface area contributed by atoms with Gasteiger partial charge in [-0.2, -0.15) is 5.10 Å². The SMILES string of the molecule is N/C(=N/O)c1ccc(-n2cc([N+](=O)[O-])cn2)nc1. The van der Waals surface area contributed by atoms with Crippen molar-refractivity contribution in [3.8, 4) is 5.82 Å². The van der Waals surface area contributed by atoms with E-state index in [0.29, 0.717) is 11.4 Å². The standard InChI is InChI=1S/C9H8N6O3/c10-9(13-16)6-1-2-8(11-3-6)14-5-7(4-12-14)15(17)18/h1-5,16H,(H2,10,13). The molecule has 0 saturated carbocycles. The lowest BCUT2D eigenvalue weighted by molar-refractivity contribution is -0.384. The molecule has 0 spiro atoms. The molecule has 0 saturated heterocycles. The molecule has 0 aliphatic heterocycles. The van der Waals surface area contributed by atoms with Crippen molar-refractivity contribution in [2.75, 3.05) is 0 Å². The van der Waals surface area contributed by atoms with E-state index in [-0.39, 0.29) is 11.5 Å². The topological polar surface area (TPSA) is 132 Å². The van der Waals surface area contributed by atoms with Crippen LogP contribution in [-0.4, -0.2) is 30.7 Å². The summed E-state index contributed by atoms with van der Waals surface area (Å²) in [7, 11) is 0. The summed E-state index contributed by atoms with van der Waals surface area (Å²) in [5.41, 5.74) is 5.68. The van der Waals surface area contributed by atoms with E-state index >= 15 is 0 Å². The van der Waals surface area contributed by atoms with Gasteiger partial charge in [-0.1, -0.05) is 5.16 Å². The third kappa shape index (κ3) is 2.09. The maximum atomic E-state index is 10.5. The van der Waals surface area contributed by atoms with Crippen molar-refractivity contribution in [3.63, 3.8) is 0 Å². The van der Waals surface area contributed by atoms with Crippen molar-refractivity contribution in [2.45, 2.75) is 0 Å². The molecule has 0 atom stereocenters. The van der Waals surface area contributed by atoms with Crippen LogP contribution in [0.4, 0.5) is 5.69 Å². The van der Waals surface area contributed by atoms with Gasteiger partial charge < -0.3 is 10.9 Å². The highest BCUT2D eigenvalue weighted by atomic mass is 16.6. The number of aromatic nitrogens is 3. The number of pyridine rings is 1. The summed E-state index contributed by atoms with van der Waals surface area (Å²) in [5, 5.41) is 25.6. The first-order valence-electron chi connectivity index (χ1n) is 4.75. The molecule has 0 aliphatic rings. The van der Waals surface area contributed by atoms with E-state index in [2.05, 4.69) is 15.2 Å². The number of hydrogen-bond acceptors (Lipinski definition) is 6. The Morgan fingerprint density at radius 1 is 1.50 bits per heavy atom. The molecular weight excluding hydrogens is 240 g/mol. The second-order valence-electron chi connectivity index (χ2n) is 3.29. The third-order valence-electron chi connectivity index (χ3n) is 2.17. The highest BCUT2D eigenvalue weighted by molar-refractivity contribution is 5.96. The molecule has 92 valence electrons. The summed E-state index contributed by atoms with van der Waals surface area (Å²) in [5.74, 6) is 0.318. The fraction of sp³-hybridized carbons (Fsp3) is 0. The van der Waals surface area contributed by atoms with Gasteiger partial charge in [0.2, 0.25) is 0 Å². The van der Waals surface area contributed by atoms with Crippen LogP contribution < -0.4 is 5.73 Å². The predicted molar refractivity (Wildman–Crippen MR) is 60.5 cm³/mol. The molecule has 2 heterocycles. The summed E-state index contributed by atoms with van der Waals surface area (Å²) in [6, 6.07) is 3.11. The molecule has 9 heteroatoms. The van der Waals surface area contributed by atoms with Gasteiger partial charge in [0.25, 0.3) is 0 Å². The van der Waals surface area contributed by atoms with Crippen molar-refractivity contribution in [1.29, 1.82) is 0 Å². The quantitative estimate of drug-likeness (QED) is 0.263. The van der Waals surface area contributed by atoms with Gasteiger partial charge in [0.15, 0.2) is 11.7 Å². The van der Waals surface area contributed by atoms with Gasteiger partial charge in [0, 0.05) is 11.8 Å². The third-order valence-corrected chi connectivity index (χ3v) is 2.17. The lowest BCUT2D eigenvalue weighted by Gasteiger charge is -2.01. The highest BCUT2D eigenvalue weighted by Crippen LogP contribution is 2.12. The monoisotopic (exact) mass is 248 g/mol. The first-order valence-corrected chi connectivity index (χ1v) is 4.75. The molecule has 9 nitrogen and oxygen atoms in total. The lowest BCUT2D eigenvalue weighted by atomic mass is 10.2. The Labute approximate surface area is 100 Å². The maximum absolute atomic E-state index is 10.5. The largest absolute Gasteiger partial charge is 0.409 e. The molecule has 0 aliphatic carbocycles. The summed E-state index contributed by atoms with van der Waals surface area (Å²) < 4.78 is 1.26. The van der Waals surface area contributed by atoms with Gasteiger partial charge in [-0.15, -0.1) is 0 Å². The second-order valence-corrected chi connectivity index (χ2v) is 3.29. The number of nitro groups is 1. The van der Waals surface area contributed by atoms with Crippen molar-refractivity contribution in [3.05, 3.63) is 46.4 Å². The van der Waals surface area contributed by atoms with Crippen LogP contribution in [0.15, 0.2) is 35.9 Å². The summed E-state index contributed by atoms with van der Waals surface area (Å²) in [4.78, 5) is 13.9. The number of nitrogens with two attached hydrogens (primary N) is 1. The first-order chi connectivity index (χ1) is 8.61. The Kier molecular flexibility index (Phi) is 2.87. The van der Waals surface area contributed by atoms with E-state index < -0.39 is 4.92 Å². The van der Waals surface area contributed by atoms with Gasteiger partial charge in [0.1, 0.15) is 12.4 Å². The summed E-state index contributed by atoms with van der Waals surface area (Å²) in [6.45, 7) is 0. The van der Waals surface area contributed by atoms with E-state index in [1.807, 2.05) is 0 Å². The molecule has 18 heavy (non-hydrogen) atoms. The summed E-state index contributed by atoms with van der Waals surface area (Å²) in [6.07, 6.45) is 3.74. The van der Waals surface area contributed by atoms with Crippen LogP contribution in [-0.2, 0) is 0 Å². The smallest absolute Gasteiger partial charge is 0.307 e. The van der Waals surface area contributed by atoms with Crippen LogP contribution in [0.3, 0.4) is 0 Å². The Morgan fingerprint density at radius 2 is 2.28 bits per heavy atom. The van der Waals surface area contributed by atoms with Gasteiger partial charge in [-0.05, 0) is 12.1 Å². The van der Waals surface area contributed by atoms with Crippen molar-refractivity contribution < 1.29 is 10.1 Å². The molecule has 2 aromatic heterocycles. The first kappa shape index (κ1) is 11.5. The Morgan fingerprint density at radius 3 is 2.78 bits per heavy atom. The van der Waals surface area contributed by atoms with E-state index in [9.17, 15) is 10.1 Å². The molecule has 0 aromatic carbocycles. The van der Waals surface area contributed by atoms with Crippen LogP contribution in [0.5, 0.6) is 0 Å². The van der Waals surface area contributed by atoms with Crippen molar-refractivity contribution in [1.82, 2.24) is 14.8 Å². The van der Waals surface area contributed by atoms with Gasteiger partial charge in [-0.25, -0.2) is 9.67 Å². The molecular formula is C9H8N6O3. The van der Waals surface area contributed by atoms with E-state index in [4.69, 9.17) is 10.9 Å². The average molecular weight is 248 g/mol. The second kappa shape index (κ2) is 4.49. The van der Waals surface area contributed by atoms with Gasteiger partial charge in [0.05, 0.1) is 4.92 Å². The minimum absolute atomic E-state index is 0.0690. The average Bonchev–Trinajstić information content (AvgIpc) is 2.88. The minimum atomic E-state index is -0.547. The Bertz CT molecular complexity index is 603. The number of amidine groups is 1. The minimum Gasteiger partial charge on any atom is -0.409 e. The maximum Gasteiger partial charge on any atom is 0.307 e. The molecule has 3 N–H and O–H groups in total. The van der Waals surface area contributed by atoms with E-state index in [0.717, 1.165) is 6.20 Å². The number of rotatable bonds is 3. The fourth-order valence-electron chi connectivity index (χ4n) is 1.26. The van der Waals surface area contributed by atoms with Crippen LogP contribution in [0, 0.1) is 10.1 Å². The Hall–Kier alpha value is -2.97. The van der Waals surface area contributed by atoms with E-state index in [1.54, 1.807) is 12.1 Å². The highest BCUT2D eigenvalue weighted by Gasteiger charge is 2.10. The van der Waals surface area contributed by atoms with Crippen LogP contribution in [0.25, 0.3) is 5.82 Å². The molecule has 0 unspecified atom stereocenters. The van der Waals surface area contributed by atoms with Crippen molar-refractivity contribution >= 4 is 11.5 Å². The van der Waals surface area contributed by atoms with Crippen LogP contribution in [0.1, 0.15) is 5.56 Å².